The first kappa shape index (κ1) is 6.39. The Labute approximate surface area is 54.6 Å². The molecule has 0 aromatic heterocycles. The molecule has 1 amide bonds. The summed E-state index contributed by atoms with van der Waals surface area (Å²) in [5.74, 6) is 0. The number of cyclic esters (lactones) is 1. The van der Waals surface area contributed by atoms with Crippen LogP contribution in [0.4, 0.5) is 4.79 Å². The van der Waals surface area contributed by atoms with E-state index in [1.165, 1.54) is 0 Å². The third-order valence-electron chi connectivity index (χ3n) is 1.71. The third kappa shape index (κ3) is 0.992. The van der Waals surface area contributed by atoms with Gasteiger partial charge in [0, 0.05) is 7.05 Å². The highest BCUT2D eigenvalue weighted by Crippen LogP contribution is 2.11. The first-order valence-corrected chi connectivity index (χ1v) is 3.15. The molecule has 0 bridgehead atoms. The molecule has 0 aromatic carbocycles. The van der Waals surface area contributed by atoms with Gasteiger partial charge >= 0.3 is 6.09 Å². The van der Waals surface area contributed by atoms with E-state index in [4.69, 9.17) is 4.74 Å². The molecule has 1 saturated heterocycles. The van der Waals surface area contributed by atoms with Gasteiger partial charge in [-0.15, -0.1) is 0 Å². The van der Waals surface area contributed by atoms with Gasteiger partial charge in [0.15, 0.2) is 0 Å². The van der Waals surface area contributed by atoms with E-state index < -0.39 is 0 Å². The molecule has 9 heavy (non-hydrogen) atoms. The van der Waals surface area contributed by atoms with E-state index in [-0.39, 0.29) is 6.09 Å². The number of rotatable bonds is 1. The van der Waals surface area contributed by atoms with Gasteiger partial charge in [0.05, 0.1) is 6.04 Å². The fourth-order valence-electron chi connectivity index (χ4n) is 0.922. The number of carbonyl (C=O) groups excluding carboxylic acids is 1. The van der Waals surface area contributed by atoms with Crippen LogP contribution in [0.25, 0.3) is 0 Å². The highest BCUT2D eigenvalue weighted by molar-refractivity contribution is 5.69. The summed E-state index contributed by atoms with van der Waals surface area (Å²) in [6.45, 7) is 2.61. The fraction of sp³-hybridized carbons (Fsp3) is 0.833. The minimum Gasteiger partial charge on any atom is -0.447 e. The summed E-state index contributed by atoms with van der Waals surface area (Å²) in [7, 11) is 1.77. The predicted molar refractivity (Wildman–Crippen MR) is 33.2 cm³/mol. The Kier molecular flexibility index (Phi) is 1.60. The minimum atomic E-state index is -0.193. The van der Waals surface area contributed by atoms with Crippen LogP contribution < -0.4 is 0 Å². The highest BCUT2D eigenvalue weighted by Gasteiger charge is 2.27. The topological polar surface area (TPSA) is 29.5 Å². The van der Waals surface area contributed by atoms with Gasteiger partial charge in [-0.05, 0) is 6.42 Å². The maximum absolute atomic E-state index is 10.6. The molecule has 1 aliphatic heterocycles. The minimum absolute atomic E-state index is 0.193. The van der Waals surface area contributed by atoms with Crippen molar-refractivity contribution in [3.63, 3.8) is 0 Å². The van der Waals surface area contributed by atoms with Crippen LogP contribution in [0.3, 0.4) is 0 Å². The lowest BCUT2D eigenvalue weighted by molar-refractivity contribution is 0.163. The van der Waals surface area contributed by atoms with Crippen LogP contribution in [0.1, 0.15) is 13.3 Å². The molecule has 0 saturated carbocycles. The second-order valence-electron chi connectivity index (χ2n) is 2.25. The molecule has 52 valence electrons. The van der Waals surface area contributed by atoms with E-state index in [1.807, 2.05) is 6.92 Å². The van der Waals surface area contributed by atoms with Crippen LogP contribution in [-0.4, -0.2) is 30.7 Å². The molecule has 1 aliphatic rings. The van der Waals surface area contributed by atoms with Crippen molar-refractivity contribution >= 4 is 6.09 Å². The highest BCUT2D eigenvalue weighted by atomic mass is 16.6. The van der Waals surface area contributed by atoms with Crippen molar-refractivity contribution < 1.29 is 9.53 Å². The van der Waals surface area contributed by atoms with Crippen LogP contribution in [0, 0.1) is 0 Å². The Balaban J connectivity index is 2.51. The van der Waals surface area contributed by atoms with Crippen LogP contribution in [0.15, 0.2) is 0 Å². The molecular formula is C6H11NO2. The lowest BCUT2D eigenvalue weighted by Gasteiger charge is -2.12. The fourth-order valence-corrected chi connectivity index (χ4v) is 0.922. The van der Waals surface area contributed by atoms with Crippen LogP contribution in [-0.2, 0) is 4.74 Å². The van der Waals surface area contributed by atoms with Crippen molar-refractivity contribution in [2.24, 2.45) is 0 Å². The Bertz CT molecular complexity index is 124. The van der Waals surface area contributed by atoms with Gasteiger partial charge < -0.3 is 9.64 Å². The lowest BCUT2D eigenvalue weighted by atomic mass is 10.2. The van der Waals surface area contributed by atoms with Crippen molar-refractivity contribution in [2.45, 2.75) is 19.4 Å². The first-order valence-electron chi connectivity index (χ1n) is 3.15. The number of amides is 1. The van der Waals surface area contributed by atoms with E-state index in [2.05, 4.69) is 0 Å². The molecule has 1 heterocycles. The average molecular weight is 129 g/mol. The van der Waals surface area contributed by atoms with Gasteiger partial charge in [-0.1, -0.05) is 6.92 Å². The first-order chi connectivity index (χ1) is 4.25. The Morgan fingerprint density at radius 1 is 1.89 bits per heavy atom. The van der Waals surface area contributed by atoms with Crippen LogP contribution in [0.5, 0.6) is 0 Å². The van der Waals surface area contributed by atoms with Crippen molar-refractivity contribution in [1.82, 2.24) is 4.90 Å². The monoisotopic (exact) mass is 129 g/mol. The van der Waals surface area contributed by atoms with E-state index in [9.17, 15) is 4.79 Å². The normalized spacial score (nSPS) is 26.7. The van der Waals surface area contributed by atoms with Crippen molar-refractivity contribution in [2.75, 3.05) is 13.7 Å². The van der Waals surface area contributed by atoms with E-state index >= 15 is 0 Å². The molecule has 0 aliphatic carbocycles. The van der Waals surface area contributed by atoms with Crippen molar-refractivity contribution in [3.05, 3.63) is 0 Å². The summed E-state index contributed by atoms with van der Waals surface area (Å²) in [6.07, 6.45) is 0.782. The van der Waals surface area contributed by atoms with Crippen LogP contribution >= 0.6 is 0 Å². The van der Waals surface area contributed by atoms with Crippen LogP contribution in [0.2, 0.25) is 0 Å². The zero-order valence-corrected chi connectivity index (χ0v) is 5.76. The predicted octanol–water partition coefficient (Wildman–Crippen LogP) is 0.847. The quantitative estimate of drug-likeness (QED) is 0.525. The number of carbonyl (C=O) groups is 1. The standard InChI is InChI=1S/C6H11NO2/c1-3-5-4-9-6(8)7(5)2/h5H,3-4H2,1-2H3. The van der Waals surface area contributed by atoms with E-state index in [0.29, 0.717) is 12.6 Å². The molecule has 1 fully saturated rings. The number of likely N-dealkylation sites (N-methyl/N-ethyl adjacent to an activating group) is 1. The smallest absolute Gasteiger partial charge is 0.409 e. The summed E-state index contributed by atoms with van der Waals surface area (Å²) in [5, 5.41) is 0. The molecule has 1 unspecified atom stereocenters. The molecule has 3 heteroatoms. The molecule has 3 nitrogen and oxygen atoms in total. The zero-order chi connectivity index (χ0) is 6.85. The summed E-state index contributed by atoms with van der Waals surface area (Å²) in [5.41, 5.74) is 0. The number of nitrogens with zero attached hydrogens (tertiary/aromatic N) is 1. The second-order valence-corrected chi connectivity index (χ2v) is 2.25. The summed E-state index contributed by atoms with van der Waals surface area (Å²) >= 11 is 0. The van der Waals surface area contributed by atoms with E-state index in [0.717, 1.165) is 6.42 Å². The number of ether oxygens (including phenoxy) is 1. The maximum atomic E-state index is 10.6. The molecule has 0 aromatic rings. The molecule has 1 rings (SSSR count). The molecule has 0 spiro atoms. The number of hydrogen-bond acceptors (Lipinski definition) is 2. The van der Waals surface area contributed by atoms with Gasteiger partial charge in [0.1, 0.15) is 6.61 Å². The summed E-state index contributed by atoms with van der Waals surface area (Å²) in [4.78, 5) is 12.3. The molecule has 0 radical (unpaired) electrons. The second kappa shape index (κ2) is 2.25. The summed E-state index contributed by atoms with van der Waals surface area (Å²) in [6, 6.07) is 0.303. The van der Waals surface area contributed by atoms with Gasteiger partial charge in [-0.2, -0.15) is 0 Å². The molecule has 0 N–H and O–H groups in total. The summed E-state index contributed by atoms with van der Waals surface area (Å²) < 4.78 is 4.76. The van der Waals surface area contributed by atoms with E-state index in [1.54, 1.807) is 11.9 Å². The third-order valence-corrected chi connectivity index (χ3v) is 1.71. The van der Waals surface area contributed by atoms with Crippen molar-refractivity contribution in [3.8, 4) is 0 Å². The Hall–Kier alpha value is -0.730. The maximum Gasteiger partial charge on any atom is 0.409 e. The zero-order valence-electron chi connectivity index (χ0n) is 5.76. The SMILES string of the molecule is CCC1COC(=O)N1C. The van der Waals surface area contributed by atoms with Crippen molar-refractivity contribution in [1.29, 1.82) is 0 Å². The van der Waals surface area contributed by atoms with Gasteiger partial charge in [-0.25, -0.2) is 4.79 Å². The average Bonchev–Trinajstić information content (AvgIpc) is 2.15. The molecular weight excluding hydrogens is 118 g/mol. The van der Waals surface area contributed by atoms with Gasteiger partial charge in [-0.3, -0.25) is 0 Å². The molecule has 1 atom stereocenters. The lowest BCUT2D eigenvalue weighted by Crippen LogP contribution is -2.28. The largest absolute Gasteiger partial charge is 0.447 e. The van der Waals surface area contributed by atoms with Gasteiger partial charge in [0.25, 0.3) is 0 Å². The Morgan fingerprint density at radius 2 is 2.56 bits per heavy atom. The number of hydrogen-bond donors (Lipinski definition) is 0. The Morgan fingerprint density at radius 3 is 2.78 bits per heavy atom. The van der Waals surface area contributed by atoms with Gasteiger partial charge in [0.2, 0.25) is 0 Å².